The van der Waals surface area contributed by atoms with Crippen molar-refractivity contribution in [1.82, 2.24) is 4.89 Å². The van der Waals surface area contributed by atoms with Crippen molar-refractivity contribution in [3.8, 4) is 0 Å². The topological polar surface area (TPSA) is 84.5 Å². The lowest BCUT2D eigenvalue weighted by atomic mass is 10.2. The fourth-order valence-electron chi connectivity index (χ4n) is 1.33. The third-order valence-corrected chi connectivity index (χ3v) is 3.40. The maximum absolute atomic E-state index is 11.7. The van der Waals surface area contributed by atoms with E-state index in [1.807, 2.05) is 4.89 Å². The zero-order valence-corrected chi connectivity index (χ0v) is 10.6. The van der Waals surface area contributed by atoms with Crippen molar-refractivity contribution in [3.05, 3.63) is 23.8 Å². The number of carbonyl (C=O) groups is 1. The van der Waals surface area contributed by atoms with E-state index < -0.39 is 10.0 Å². The van der Waals surface area contributed by atoms with Crippen molar-refractivity contribution in [2.75, 3.05) is 12.4 Å². The van der Waals surface area contributed by atoms with Crippen LogP contribution < -0.4 is 10.2 Å². The summed E-state index contributed by atoms with van der Waals surface area (Å²) in [4.78, 5) is 17.3. The van der Waals surface area contributed by atoms with E-state index >= 15 is 0 Å². The number of amides is 1. The van der Waals surface area contributed by atoms with Gasteiger partial charge in [0.05, 0.1) is 12.0 Å². The van der Waals surface area contributed by atoms with Crippen LogP contribution >= 0.6 is 0 Å². The zero-order chi connectivity index (χ0) is 13.1. The largest absolute Gasteiger partial charge is 0.326 e. The number of sulfonamides is 1. The van der Waals surface area contributed by atoms with Crippen molar-refractivity contribution in [2.24, 2.45) is 0 Å². The van der Waals surface area contributed by atoms with Gasteiger partial charge in [0.2, 0.25) is 5.91 Å². The van der Waals surface area contributed by atoms with Gasteiger partial charge in [0.25, 0.3) is 10.0 Å². The van der Waals surface area contributed by atoms with Crippen molar-refractivity contribution < 1.29 is 18.0 Å². The number of rotatable bonds is 4. The van der Waals surface area contributed by atoms with Gasteiger partial charge in [-0.3, -0.25) is 9.63 Å². The molecule has 0 aromatic heterocycles. The monoisotopic (exact) mass is 258 g/mol. The lowest BCUT2D eigenvalue weighted by molar-refractivity contribution is -0.114. The maximum Gasteiger partial charge on any atom is 0.262 e. The normalized spacial score (nSPS) is 11.2. The number of nitrogens with one attached hydrogen (secondary N) is 2. The minimum absolute atomic E-state index is 0.0607. The van der Waals surface area contributed by atoms with Gasteiger partial charge in [-0.05, 0) is 24.6 Å². The molecule has 1 aromatic carbocycles. The van der Waals surface area contributed by atoms with Crippen LogP contribution in [-0.4, -0.2) is 21.4 Å². The van der Waals surface area contributed by atoms with E-state index in [0.717, 1.165) is 0 Å². The number of carbonyl (C=O) groups excluding carboxylic acids is 1. The maximum atomic E-state index is 11.7. The highest BCUT2D eigenvalue weighted by atomic mass is 32.2. The van der Waals surface area contributed by atoms with E-state index in [0.29, 0.717) is 11.3 Å². The standard InChI is InChI=1S/C10H14N2O4S/c1-7-4-5-9(11-8(2)13)6-10(7)17(14,15)12-16-3/h4-6,12H,1-3H3,(H,11,13). The van der Waals surface area contributed by atoms with Crippen LogP contribution in [-0.2, 0) is 19.7 Å². The molecule has 0 atom stereocenters. The smallest absolute Gasteiger partial charge is 0.262 e. The molecule has 0 heterocycles. The highest BCUT2D eigenvalue weighted by Gasteiger charge is 2.17. The van der Waals surface area contributed by atoms with E-state index in [2.05, 4.69) is 10.2 Å². The summed E-state index contributed by atoms with van der Waals surface area (Å²) in [5.74, 6) is -0.267. The minimum Gasteiger partial charge on any atom is -0.326 e. The molecule has 0 aliphatic heterocycles. The molecule has 2 N–H and O–H groups in total. The highest BCUT2D eigenvalue weighted by Crippen LogP contribution is 2.19. The van der Waals surface area contributed by atoms with Gasteiger partial charge in [0, 0.05) is 12.6 Å². The summed E-state index contributed by atoms with van der Waals surface area (Å²) in [6.07, 6.45) is 0. The summed E-state index contributed by atoms with van der Waals surface area (Å²) in [7, 11) is -2.51. The first-order chi connectivity index (χ1) is 7.86. The van der Waals surface area contributed by atoms with Crippen molar-refractivity contribution in [3.63, 3.8) is 0 Å². The van der Waals surface area contributed by atoms with Gasteiger partial charge in [-0.15, -0.1) is 0 Å². The Labute approximate surface area is 100.0 Å². The molecular weight excluding hydrogens is 244 g/mol. The molecule has 0 unspecified atom stereocenters. The van der Waals surface area contributed by atoms with E-state index in [-0.39, 0.29) is 10.8 Å². The van der Waals surface area contributed by atoms with Crippen LogP contribution in [0.4, 0.5) is 5.69 Å². The summed E-state index contributed by atoms with van der Waals surface area (Å²) in [5, 5.41) is 2.51. The molecule has 1 amide bonds. The molecule has 0 saturated heterocycles. The van der Waals surface area contributed by atoms with Gasteiger partial charge in [0.1, 0.15) is 0 Å². The third-order valence-electron chi connectivity index (χ3n) is 1.99. The van der Waals surface area contributed by atoms with Crippen molar-refractivity contribution in [1.29, 1.82) is 0 Å². The Kier molecular flexibility index (Phi) is 4.22. The quantitative estimate of drug-likeness (QED) is 0.782. The average Bonchev–Trinajstić information content (AvgIpc) is 2.20. The number of benzene rings is 1. The van der Waals surface area contributed by atoms with E-state index in [1.165, 1.54) is 20.1 Å². The van der Waals surface area contributed by atoms with Crippen LogP contribution in [0.3, 0.4) is 0 Å². The molecular formula is C10H14N2O4S. The Morgan fingerprint density at radius 1 is 1.35 bits per heavy atom. The summed E-state index contributed by atoms with van der Waals surface area (Å²) in [6.45, 7) is 3.00. The van der Waals surface area contributed by atoms with Crippen LogP contribution in [0.2, 0.25) is 0 Å². The zero-order valence-electron chi connectivity index (χ0n) is 9.77. The van der Waals surface area contributed by atoms with Gasteiger partial charge >= 0.3 is 0 Å². The minimum atomic E-state index is -3.72. The summed E-state index contributed by atoms with van der Waals surface area (Å²) < 4.78 is 23.5. The molecule has 0 fully saturated rings. The fraction of sp³-hybridized carbons (Fsp3) is 0.300. The molecule has 0 bridgehead atoms. The van der Waals surface area contributed by atoms with Crippen molar-refractivity contribution in [2.45, 2.75) is 18.7 Å². The first-order valence-corrected chi connectivity index (χ1v) is 6.28. The first kappa shape index (κ1) is 13.6. The van der Waals surface area contributed by atoms with Crippen LogP contribution in [0.1, 0.15) is 12.5 Å². The van der Waals surface area contributed by atoms with Crippen LogP contribution in [0, 0.1) is 6.92 Å². The number of aryl methyl sites for hydroxylation is 1. The molecule has 1 aromatic rings. The second-order valence-electron chi connectivity index (χ2n) is 3.45. The number of anilines is 1. The Bertz CT molecular complexity index is 525. The third kappa shape index (κ3) is 3.52. The second-order valence-corrected chi connectivity index (χ2v) is 5.07. The van der Waals surface area contributed by atoms with Crippen LogP contribution in [0.15, 0.2) is 23.1 Å². The molecule has 0 aliphatic carbocycles. The van der Waals surface area contributed by atoms with Gasteiger partial charge in [-0.25, -0.2) is 8.42 Å². The number of hydrogen-bond donors (Lipinski definition) is 2. The highest BCUT2D eigenvalue weighted by molar-refractivity contribution is 7.89. The first-order valence-electron chi connectivity index (χ1n) is 4.80. The predicted octanol–water partition coefficient (Wildman–Crippen LogP) is 0.793. The van der Waals surface area contributed by atoms with E-state index in [9.17, 15) is 13.2 Å². The summed E-state index contributed by atoms with van der Waals surface area (Å²) in [5.41, 5.74) is 0.975. The van der Waals surface area contributed by atoms with Crippen LogP contribution in [0.5, 0.6) is 0 Å². The molecule has 0 saturated carbocycles. The molecule has 0 spiro atoms. The molecule has 7 heteroatoms. The molecule has 0 radical (unpaired) electrons. The van der Waals surface area contributed by atoms with E-state index in [1.54, 1.807) is 19.1 Å². The summed E-state index contributed by atoms with van der Waals surface area (Å²) >= 11 is 0. The van der Waals surface area contributed by atoms with Gasteiger partial charge in [-0.2, -0.15) is 0 Å². The molecule has 6 nitrogen and oxygen atoms in total. The average molecular weight is 258 g/mol. The molecule has 0 aliphatic rings. The Hall–Kier alpha value is -1.44. The molecule has 17 heavy (non-hydrogen) atoms. The SMILES string of the molecule is CONS(=O)(=O)c1cc(NC(C)=O)ccc1C. The van der Waals surface area contributed by atoms with Crippen molar-refractivity contribution >= 4 is 21.6 Å². The van der Waals surface area contributed by atoms with Crippen LogP contribution in [0.25, 0.3) is 0 Å². The lowest BCUT2D eigenvalue weighted by Gasteiger charge is -2.10. The Balaban J connectivity index is 3.19. The molecule has 94 valence electrons. The van der Waals surface area contributed by atoms with E-state index in [4.69, 9.17) is 0 Å². The van der Waals surface area contributed by atoms with Gasteiger partial charge < -0.3 is 5.32 Å². The predicted molar refractivity (Wildman–Crippen MR) is 62.8 cm³/mol. The Morgan fingerprint density at radius 2 is 2.00 bits per heavy atom. The van der Waals surface area contributed by atoms with Gasteiger partial charge in [0.15, 0.2) is 0 Å². The number of hydrogen-bond acceptors (Lipinski definition) is 4. The van der Waals surface area contributed by atoms with Gasteiger partial charge in [-0.1, -0.05) is 11.0 Å². The Morgan fingerprint density at radius 3 is 2.53 bits per heavy atom. The lowest BCUT2D eigenvalue weighted by Crippen LogP contribution is -2.23. The second kappa shape index (κ2) is 5.26. The summed E-state index contributed by atoms with van der Waals surface area (Å²) in [6, 6.07) is 4.61. The molecule has 1 rings (SSSR count). The fourth-order valence-corrected chi connectivity index (χ4v) is 2.41.